The first-order valence-corrected chi connectivity index (χ1v) is 7.85. The molecule has 0 radical (unpaired) electrons. The van der Waals surface area contributed by atoms with Crippen molar-refractivity contribution in [1.29, 1.82) is 0 Å². The van der Waals surface area contributed by atoms with E-state index in [1.165, 1.54) is 6.42 Å². The van der Waals surface area contributed by atoms with Crippen molar-refractivity contribution in [2.75, 3.05) is 32.8 Å². The van der Waals surface area contributed by atoms with Crippen molar-refractivity contribution < 1.29 is 4.74 Å². The van der Waals surface area contributed by atoms with E-state index in [0.29, 0.717) is 12.6 Å². The van der Waals surface area contributed by atoms with Crippen LogP contribution < -0.4 is 10.1 Å². The van der Waals surface area contributed by atoms with Crippen molar-refractivity contribution in [3.05, 3.63) is 24.0 Å². The summed E-state index contributed by atoms with van der Waals surface area (Å²) in [4.78, 5) is 10.7. The van der Waals surface area contributed by atoms with Crippen LogP contribution in [0.25, 0.3) is 11.0 Å². The molecule has 1 aromatic heterocycles. The van der Waals surface area contributed by atoms with Crippen molar-refractivity contribution in [3.63, 3.8) is 0 Å². The molecule has 2 N–H and O–H groups in total. The number of benzene rings is 1. The van der Waals surface area contributed by atoms with Gasteiger partial charge in [0, 0.05) is 25.7 Å². The average molecular weight is 288 g/mol. The summed E-state index contributed by atoms with van der Waals surface area (Å²) in [6.45, 7) is 9.27. The molecule has 5 heteroatoms. The van der Waals surface area contributed by atoms with Gasteiger partial charge < -0.3 is 15.0 Å². The molecule has 0 bridgehead atoms. The summed E-state index contributed by atoms with van der Waals surface area (Å²) >= 11 is 0. The second-order valence-corrected chi connectivity index (χ2v) is 5.55. The summed E-state index contributed by atoms with van der Waals surface area (Å²) in [5.41, 5.74) is 2.06. The monoisotopic (exact) mass is 288 g/mol. The van der Waals surface area contributed by atoms with Crippen LogP contribution in [0.2, 0.25) is 0 Å². The Morgan fingerprint density at radius 3 is 3.10 bits per heavy atom. The molecule has 1 aliphatic rings. The molecule has 2 heterocycles. The van der Waals surface area contributed by atoms with E-state index >= 15 is 0 Å². The highest BCUT2D eigenvalue weighted by molar-refractivity contribution is 5.76. The van der Waals surface area contributed by atoms with Crippen LogP contribution in [-0.4, -0.2) is 47.7 Å². The lowest BCUT2D eigenvalue weighted by atomic mass is 10.2. The number of ether oxygens (including phenoxy) is 1. The molecule has 0 saturated carbocycles. The van der Waals surface area contributed by atoms with Crippen molar-refractivity contribution in [3.8, 4) is 5.75 Å². The zero-order chi connectivity index (χ0) is 14.7. The number of nitrogens with zero attached hydrogens (tertiary/aromatic N) is 2. The fraction of sp³-hybridized carbons (Fsp3) is 0.562. The van der Waals surface area contributed by atoms with Crippen LogP contribution >= 0.6 is 0 Å². The first kappa shape index (κ1) is 14.4. The van der Waals surface area contributed by atoms with Gasteiger partial charge in [0.25, 0.3) is 0 Å². The molecule has 2 aromatic rings. The third-order valence-electron chi connectivity index (χ3n) is 4.10. The van der Waals surface area contributed by atoms with E-state index in [1.54, 1.807) is 0 Å². The van der Waals surface area contributed by atoms with Gasteiger partial charge in [-0.25, -0.2) is 4.98 Å². The van der Waals surface area contributed by atoms with Gasteiger partial charge in [-0.1, -0.05) is 0 Å². The van der Waals surface area contributed by atoms with E-state index in [1.807, 2.05) is 25.1 Å². The summed E-state index contributed by atoms with van der Waals surface area (Å²) in [6.07, 6.45) is 1.19. The van der Waals surface area contributed by atoms with Crippen molar-refractivity contribution in [1.82, 2.24) is 20.2 Å². The standard InChI is InChI=1S/C16H24N4O/c1-3-21-13-5-6-14-15(11-13)19-16(18-14)12(2)20-9-4-7-17-8-10-20/h5-6,11-12,17H,3-4,7-10H2,1-2H3,(H,18,19). The number of nitrogens with one attached hydrogen (secondary N) is 2. The Balaban J connectivity index is 1.82. The Bertz CT molecular complexity index is 587. The molecule has 3 rings (SSSR count). The van der Waals surface area contributed by atoms with Crippen molar-refractivity contribution in [2.24, 2.45) is 0 Å². The SMILES string of the molecule is CCOc1ccc2nc(C(C)N3CCCNCC3)[nH]c2c1. The summed E-state index contributed by atoms with van der Waals surface area (Å²) in [7, 11) is 0. The number of hydrogen-bond donors (Lipinski definition) is 2. The molecule has 1 aliphatic heterocycles. The van der Waals surface area contributed by atoms with Crippen LogP contribution in [0.3, 0.4) is 0 Å². The fourth-order valence-corrected chi connectivity index (χ4v) is 2.89. The molecule has 1 unspecified atom stereocenters. The molecule has 0 spiro atoms. The first-order valence-electron chi connectivity index (χ1n) is 7.85. The van der Waals surface area contributed by atoms with Gasteiger partial charge in [-0.15, -0.1) is 0 Å². The zero-order valence-corrected chi connectivity index (χ0v) is 12.9. The highest BCUT2D eigenvalue weighted by atomic mass is 16.5. The largest absolute Gasteiger partial charge is 0.494 e. The normalized spacial score (nSPS) is 18.6. The lowest BCUT2D eigenvalue weighted by Gasteiger charge is -2.25. The summed E-state index contributed by atoms with van der Waals surface area (Å²) in [5.74, 6) is 1.94. The minimum Gasteiger partial charge on any atom is -0.494 e. The molecule has 1 atom stereocenters. The predicted octanol–water partition coefficient (Wildman–Crippen LogP) is 2.32. The van der Waals surface area contributed by atoms with Crippen LogP contribution in [0.4, 0.5) is 0 Å². The Kier molecular flexibility index (Phi) is 4.41. The maximum Gasteiger partial charge on any atom is 0.124 e. The second-order valence-electron chi connectivity index (χ2n) is 5.55. The van der Waals surface area contributed by atoms with Gasteiger partial charge in [0.2, 0.25) is 0 Å². The van der Waals surface area contributed by atoms with Gasteiger partial charge in [0.15, 0.2) is 0 Å². The summed E-state index contributed by atoms with van der Waals surface area (Å²) < 4.78 is 5.55. The van der Waals surface area contributed by atoms with E-state index in [4.69, 9.17) is 9.72 Å². The zero-order valence-electron chi connectivity index (χ0n) is 12.9. The first-order chi connectivity index (χ1) is 10.3. The Hall–Kier alpha value is -1.59. The van der Waals surface area contributed by atoms with E-state index < -0.39 is 0 Å². The number of aromatic nitrogens is 2. The Morgan fingerprint density at radius 2 is 2.24 bits per heavy atom. The van der Waals surface area contributed by atoms with Crippen LogP contribution in [0.15, 0.2) is 18.2 Å². The van der Waals surface area contributed by atoms with E-state index in [2.05, 4.69) is 22.1 Å². The molecule has 1 saturated heterocycles. The number of imidazole rings is 1. The topological polar surface area (TPSA) is 53.2 Å². The van der Waals surface area contributed by atoms with Gasteiger partial charge in [-0.3, -0.25) is 4.90 Å². The Morgan fingerprint density at radius 1 is 1.33 bits per heavy atom. The quantitative estimate of drug-likeness (QED) is 0.906. The number of H-pyrrole nitrogens is 1. The van der Waals surface area contributed by atoms with Gasteiger partial charge in [0.05, 0.1) is 23.7 Å². The molecule has 5 nitrogen and oxygen atoms in total. The molecule has 114 valence electrons. The summed E-state index contributed by atoms with van der Waals surface area (Å²) in [5, 5.41) is 3.44. The van der Waals surface area contributed by atoms with E-state index in [-0.39, 0.29) is 0 Å². The molecule has 21 heavy (non-hydrogen) atoms. The Labute approximate surface area is 125 Å². The summed E-state index contributed by atoms with van der Waals surface area (Å²) in [6, 6.07) is 6.35. The number of aromatic amines is 1. The number of fused-ring (bicyclic) bond motifs is 1. The highest BCUT2D eigenvalue weighted by Gasteiger charge is 2.20. The third-order valence-corrected chi connectivity index (χ3v) is 4.10. The van der Waals surface area contributed by atoms with Crippen molar-refractivity contribution >= 4 is 11.0 Å². The molecule has 0 amide bonds. The molecule has 1 fully saturated rings. The molecular weight excluding hydrogens is 264 g/mol. The fourth-order valence-electron chi connectivity index (χ4n) is 2.89. The molecule has 0 aliphatic carbocycles. The van der Waals surface area contributed by atoms with Gasteiger partial charge in [-0.2, -0.15) is 0 Å². The second kappa shape index (κ2) is 6.45. The van der Waals surface area contributed by atoms with E-state index in [9.17, 15) is 0 Å². The average Bonchev–Trinajstić information content (AvgIpc) is 2.72. The maximum atomic E-state index is 5.55. The lowest BCUT2D eigenvalue weighted by molar-refractivity contribution is 0.218. The predicted molar refractivity (Wildman–Crippen MR) is 84.7 cm³/mol. The lowest BCUT2D eigenvalue weighted by Crippen LogP contribution is -2.31. The van der Waals surface area contributed by atoms with E-state index in [0.717, 1.165) is 48.8 Å². The number of hydrogen-bond acceptors (Lipinski definition) is 4. The molecule has 1 aromatic carbocycles. The maximum absolute atomic E-state index is 5.55. The van der Waals surface area contributed by atoms with Crippen LogP contribution in [0, 0.1) is 0 Å². The van der Waals surface area contributed by atoms with Gasteiger partial charge in [-0.05, 0) is 38.9 Å². The third kappa shape index (κ3) is 3.19. The minimum atomic E-state index is 0.313. The highest BCUT2D eigenvalue weighted by Crippen LogP contribution is 2.24. The van der Waals surface area contributed by atoms with Gasteiger partial charge in [0.1, 0.15) is 11.6 Å². The smallest absolute Gasteiger partial charge is 0.124 e. The molecular formula is C16H24N4O. The van der Waals surface area contributed by atoms with Crippen LogP contribution in [0.1, 0.15) is 32.1 Å². The van der Waals surface area contributed by atoms with Crippen LogP contribution in [-0.2, 0) is 0 Å². The minimum absolute atomic E-state index is 0.313. The van der Waals surface area contributed by atoms with Crippen LogP contribution in [0.5, 0.6) is 5.75 Å². The van der Waals surface area contributed by atoms with Gasteiger partial charge >= 0.3 is 0 Å². The van der Waals surface area contributed by atoms with Crippen molar-refractivity contribution in [2.45, 2.75) is 26.3 Å². The number of rotatable bonds is 4.